The highest BCUT2D eigenvalue weighted by atomic mass is 79.9. The Balaban J connectivity index is 0.0000174. The maximum atomic E-state index is 13.0. The van der Waals surface area contributed by atoms with Crippen LogP contribution in [0.15, 0.2) is 48.5 Å². The van der Waals surface area contributed by atoms with E-state index in [9.17, 15) is 9.59 Å². The zero-order chi connectivity index (χ0) is 42.2. The van der Waals surface area contributed by atoms with Gasteiger partial charge in [0.15, 0.2) is 13.1 Å². The zero-order valence-electron chi connectivity index (χ0n) is 39.1. The van der Waals surface area contributed by atoms with Crippen LogP contribution in [0.1, 0.15) is 168 Å². The number of ether oxygens (including phenoxy) is 2. The monoisotopic (exact) mass is 967 g/mol. The Bertz CT molecular complexity index is 1220. The van der Waals surface area contributed by atoms with Crippen molar-refractivity contribution in [3.05, 3.63) is 48.5 Å². The van der Waals surface area contributed by atoms with Crippen molar-refractivity contribution in [2.45, 2.75) is 168 Å². The SMILES string of the molecule is CCCCCCCCCCCCCCOc1ccc(NC(=O)C[N+](C)(C)CC[N+](C)(C)CC(=O)Nc2ccc(OCCCCCCCCCCCCCC)cc2)cc1.[Br-].[Br-]. The van der Waals surface area contributed by atoms with E-state index in [2.05, 4.69) is 52.7 Å². The van der Waals surface area contributed by atoms with Crippen molar-refractivity contribution >= 4 is 23.2 Å². The maximum Gasteiger partial charge on any atom is 0.279 e. The second-order valence-corrected chi connectivity index (χ2v) is 18.3. The van der Waals surface area contributed by atoms with E-state index in [1.165, 1.54) is 141 Å². The number of hydrogen-bond acceptors (Lipinski definition) is 4. The van der Waals surface area contributed by atoms with E-state index < -0.39 is 0 Å². The molecule has 2 N–H and O–H groups in total. The van der Waals surface area contributed by atoms with Gasteiger partial charge < -0.3 is 63.0 Å². The van der Waals surface area contributed by atoms with Gasteiger partial charge in [0.25, 0.3) is 11.8 Å². The predicted molar refractivity (Wildman–Crippen MR) is 247 cm³/mol. The van der Waals surface area contributed by atoms with Crippen molar-refractivity contribution in [3.63, 3.8) is 0 Å². The van der Waals surface area contributed by atoms with Crippen LogP contribution in [0.2, 0.25) is 0 Å². The number of nitrogens with one attached hydrogen (secondary N) is 2. The van der Waals surface area contributed by atoms with Gasteiger partial charge in [-0.2, -0.15) is 0 Å². The molecule has 2 rings (SSSR count). The first-order chi connectivity index (χ1) is 28.0. The first-order valence-electron chi connectivity index (χ1n) is 23.7. The van der Waals surface area contributed by atoms with Gasteiger partial charge in [-0.25, -0.2) is 0 Å². The van der Waals surface area contributed by atoms with Crippen molar-refractivity contribution in [2.75, 3.05) is 78.2 Å². The van der Waals surface area contributed by atoms with Gasteiger partial charge >= 0.3 is 0 Å². The Morgan fingerprint density at radius 3 is 0.933 bits per heavy atom. The number of quaternary nitrogens is 2. The van der Waals surface area contributed by atoms with Crippen molar-refractivity contribution in [3.8, 4) is 11.5 Å². The molecule has 60 heavy (non-hydrogen) atoms. The Kier molecular flexibility index (Phi) is 35.1. The standard InChI is InChI=1S/C50H86N4O4.2BrH/c1-7-9-11-13-15-17-19-21-23-25-27-29-41-57-47-35-31-45(32-36-47)51-49(55)43-53(3,4)39-40-54(5,6)44-50(56)52-46-33-37-48(38-34-46)58-42-30-28-26-24-22-20-18-16-14-12-10-8-2;;/h31-38H,7-30,39-44H2,1-6H3;2*1H. The minimum Gasteiger partial charge on any atom is -1.00 e. The van der Waals surface area contributed by atoms with Crippen molar-refractivity contribution in [2.24, 2.45) is 0 Å². The number of carbonyl (C=O) groups is 2. The molecule has 0 aliphatic rings. The summed E-state index contributed by atoms with van der Waals surface area (Å²) in [6, 6.07) is 15.4. The second-order valence-electron chi connectivity index (χ2n) is 18.3. The van der Waals surface area contributed by atoms with Crippen LogP contribution in [0.25, 0.3) is 0 Å². The van der Waals surface area contributed by atoms with E-state index in [1.54, 1.807) is 0 Å². The van der Waals surface area contributed by atoms with E-state index in [0.29, 0.717) is 22.1 Å². The average Bonchev–Trinajstić information content (AvgIpc) is 3.18. The van der Waals surface area contributed by atoms with E-state index >= 15 is 0 Å². The van der Waals surface area contributed by atoms with Crippen LogP contribution in [0.3, 0.4) is 0 Å². The highest BCUT2D eigenvalue weighted by Crippen LogP contribution is 2.19. The molecule has 0 unspecified atom stereocenters. The van der Waals surface area contributed by atoms with Crippen LogP contribution in [0.5, 0.6) is 11.5 Å². The Morgan fingerprint density at radius 1 is 0.417 bits per heavy atom. The molecule has 0 aromatic heterocycles. The fourth-order valence-corrected chi connectivity index (χ4v) is 7.41. The van der Waals surface area contributed by atoms with Gasteiger partial charge in [0.05, 0.1) is 41.4 Å². The minimum atomic E-state index is -0.0280. The lowest BCUT2D eigenvalue weighted by Gasteiger charge is -2.34. The number of rotatable bonds is 37. The number of amides is 2. The van der Waals surface area contributed by atoms with Crippen LogP contribution in [-0.2, 0) is 9.59 Å². The number of unbranched alkanes of at least 4 members (excludes halogenated alkanes) is 22. The number of anilines is 2. The summed E-state index contributed by atoms with van der Waals surface area (Å²) in [7, 11) is 8.25. The second kappa shape index (κ2) is 36.4. The first kappa shape index (κ1) is 57.9. The molecule has 0 bridgehead atoms. The summed E-state index contributed by atoms with van der Waals surface area (Å²) >= 11 is 0. The molecular weight excluding hydrogens is 880 g/mol. The number of hydrogen-bond donors (Lipinski definition) is 2. The lowest BCUT2D eigenvalue weighted by Crippen LogP contribution is -3.00. The molecule has 2 aromatic rings. The molecule has 0 radical (unpaired) electrons. The summed E-state index contributed by atoms with van der Waals surface area (Å²) in [4.78, 5) is 26.0. The number of nitrogens with zero attached hydrogens (tertiary/aromatic N) is 2. The van der Waals surface area contributed by atoms with Crippen LogP contribution in [0.4, 0.5) is 11.4 Å². The average molecular weight is 969 g/mol. The fourth-order valence-electron chi connectivity index (χ4n) is 7.41. The molecule has 10 heteroatoms. The summed E-state index contributed by atoms with van der Waals surface area (Å²) in [6.45, 7) is 8.21. The summed E-state index contributed by atoms with van der Waals surface area (Å²) in [5.74, 6) is 1.62. The lowest BCUT2D eigenvalue weighted by molar-refractivity contribution is -0.938. The third-order valence-corrected chi connectivity index (χ3v) is 11.3. The predicted octanol–water partition coefficient (Wildman–Crippen LogP) is 6.58. The number of benzene rings is 2. The van der Waals surface area contributed by atoms with Gasteiger partial charge in [-0.1, -0.05) is 155 Å². The molecule has 2 amide bonds. The third kappa shape index (κ3) is 31.7. The van der Waals surface area contributed by atoms with Crippen LogP contribution < -0.4 is 54.1 Å². The third-order valence-electron chi connectivity index (χ3n) is 11.3. The largest absolute Gasteiger partial charge is 1.00 e. The summed E-state index contributed by atoms with van der Waals surface area (Å²) < 4.78 is 13.0. The van der Waals surface area contributed by atoms with Crippen LogP contribution >= 0.6 is 0 Å². The lowest BCUT2D eigenvalue weighted by atomic mass is 10.1. The van der Waals surface area contributed by atoms with Crippen LogP contribution in [0, 0.1) is 0 Å². The molecular formula is C50H88Br2N4O4. The molecule has 2 aromatic carbocycles. The molecule has 0 aliphatic carbocycles. The van der Waals surface area contributed by atoms with Crippen molar-refractivity contribution < 1.29 is 62.0 Å². The van der Waals surface area contributed by atoms with Crippen molar-refractivity contribution in [1.82, 2.24) is 0 Å². The maximum absolute atomic E-state index is 13.0. The Morgan fingerprint density at radius 2 is 0.667 bits per heavy atom. The van der Waals surface area contributed by atoms with Gasteiger partial charge in [-0.3, -0.25) is 9.59 Å². The van der Waals surface area contributed by atoms with Gasteiger partial charge in [0.1, 0.15) is 24.6 Å². The van der Waals surface area contributed by atoms with E-state index in [1.807, 2.05) is 48.5 Å². The Hall–Kier alpha value is -2.14. The van der Waals surface area contributed by atoms with Gasteiger partial charge in [0.2, 0.25) is 0 Å². The number of halogens is 2. The number of likely N-dealkylation sites (N-methyl/N-ethyl adjacent to an activating group) is 2. The first-order valence-corrected chi connectivity index (χ1v) is 23.7. The van der Waals surface area contributed by atoms with E-state index in [4.69, 9.17) is 9.47 Å². The van der Waals surface area contributed by atoms with Gasteiger partial charge in [-0.15, -0.1) is 0 Å². The van der Waals surface area contributed by atoms with Gasteiger partial charge in [0, 0.05) is 11.4 Å². The zero-order valence-corrected chi connectivity index (χ0v) is 42.3. The van der Waals surface area contributed by atoms with E-state index in [-0.39, 0.29) is 45.8 Å². The minimum absolute atomic E-state index is 0. The smallest absolute Gasteiger partial charge is 0.279 e. The molecule has 0 spiro atoms. The molecule has 0 heterocycles. The van der Waals surface area contributed by atoms with Crippen LogP contribution in [-0.4, -0.2) is 88.4 Å². The van der Waals surface area contributed by atoms with Crippen molar-refractivity contribution in [1.29, 1.82) is 0 Å². The fraction of sp³-hybridized carbons (Fsp3) is 0.720. The highest BCUT2D eigenvalue weighted by molar-refractivity contribution is 5.92. The quantitative estimate of drug-likeness (QED) is 0.0593. The van der Waals surface area contributed by atoms with E-state index in [0.717, 1.165) is 62.0 Å². The molecule has 0 saturated heterocycles. The molecule has 0 saturated carbocycles. The summed E-state index contributed by atoms with van der Waals surface area (Å²) in [5, 5.41) is 6.09. The summed E-state index contributed by atoms with van der Waals surface area (Å²) in [6.07, 6.45) is 32.0. The highest BCUT2D eigenvalue weighted by Gasteiger charge is 2.27. The molecule has 0 aliphatic heterocycles. The Labute approximate surface area is 389 Å². The normalized spacial score (nSPS) is 11.4. The topological polar surface area (TPSA) is 76.7 Å². The number of carbonyl (C=O) groups excluding carboxylic acids is 2. The molecule has 8 nitrogen and oxygen atoms in total. The molecule has 0 atom stereocenters. The van der Waals surface area contributed by atoms with Gasteiger partial charge in [-0.05, 0) is 61.4 Å². The summed E-state index contributed by atoms with van der Waals surface area (Å²) in [5.41, 5.74) is 1.55. The molecule has 346 valence electrons. The molecule has 0 fully saturated rings.